The van der Waals surface area contributed by atoms with Gasteiger partial charge in [-0.3, -0.25) is 9.59 Å². The van der Waals surface area contributed by atoms with E-state index in [4.69, 9.17) is 4.74 Å². The van der Waals surface area contributed by atoms with Crippen LogP contribution in [0, 0.1) is 11.8 Å². The Morgan fingerprint density at radius 3 is 2.35 bits per heavy atom. The number of carbonyl (C=O) groups excluding carboxylic acids is 1. The van der Waals surface area contributed by atoms with Crippen LogP contribution in [0.5, 0.6) is 5.75 Å². The molecule has 2 N–H and O–H groups in total. The minimum Gasteiger partial charge on any atom is -0.481 e. The summed E-state index contributed by atoms with van der Waals surface area (Å²) >= 11 is 0. The van der Waals surface area contributed by atoms with Crippen molar-refractivity contribution < 1.29 is 33.0 Å². The Labute approximate surface area is 130 Å². The summed E-state index contributed by atoms with van der Waals surface area (Å²) in [7, 11) is 0. The molecule has 0 aromatic heterocycles. The Balaban J connectivity index is 1.68. The van der Waals surface area contributed by atoms with Gasteiger partial charge in [-0.15, -0.1) is 0 Å². The van der Waals surface area contributed by atoms with E-state index < -0.39 is 36.4 Å². The molecule has 0 spiro atoms. The summed E-state index contributed by atoms with van der Waals surface area (Å²) < 4.78 is 33.9. The molecule has 23 heavy (non-hydrogen) atoms. The summed E-state index contributed by atoms with van der Waals surface area (Å²) in [5.41, 5.74) is 0.378. The highest BCUT2D eigenvalue weighted by molar-refractivity contribution is 5.96. The normalized spacial score (nSPS) is 28.8. The van der Waals surface area contributed by atoms with E-state index in [9.17, 15) is 23.5 Å². The van der Waals surface area contributed by atoms with Crippen LogP contribution in [0.4, 0.5) is 14.5 Å². The number of benzene rings is 1. The van der Waals surface area contributed by atoms with E-state index in [1.165, 1.54) is 24.3 Å². The number of nitrogens with one attached hydrogen (secondary N) is 1. The quantitative estimate of drug-likeness (QED) is 0.865. The van der Waals surface area contributed by atoms with E-state index in [1.807, 2.05) is 0 Å². The fraction of sp³-hybridized carbons (Fsp3) is 0.467. The summed E-state index contributed by atoms with van der Waals surface area (Å²) in [5, 5.41) is 11.9. The lowest BCUT2D eigenvalue weighted by molar-refractivity contribution is -0.147. The van der Waals surface area contributed by atoms with Crippen molar-refractivity contribution in [1.82, 2.24) is 0 Å². The Kier molecular flexibility index (Phi) is 4.16. The molecule has 6 nitrogen and oxygen atoms in total. The molecule has 1 aromatic rings. The van der Waals surface area contributed by atoms with Gasteiger partial charge in [-0.05, 0) is 37.1 Å². The van der Waals surface area contributed by atoms with E-state index in [2.05, 4.69) is 10.1 Å². The second kappa shape index (κ2) is 6.11. The summed E-state index contributed by atoms with van der Waals surface area (Å²) in [6, 6.07) is 5.43. The average molecular weight is 327 g/mol. The molecule has 2 heterocycles. The van der Waals surface area contributed by atoms with E-state index in [1.54, 1.807) is 0 Å². The molecule has 0 saturated carbocycles. The zero-order valence-corrected chi connectivity index (χ0v) is 11.9. The number of carboxylic acids is 1. The third kappa shape index (κ3) is 3.12. The first-order chi connectivity index (χ1) is 11.0. The van der Waals surface area contributed by atoms with Crippen LogP contribution in [-0.2, 0) is 14.3 Å². The van der Waals surface area contributed by atoms with Crippen molar-refractivity contribution in [3.05, 3.63) is 24.3 Å². The molecule has 2 bridgehead atoms. The van der Waals surface area contributed by atoms with E-state index in [-0.39, 0.29) is 11.9 Å². The molecule has 2 aliphatic rings. The number of aliphatic carboxylic acids is 1. The van der Waals surface area contributed by atoms with Gasteiger partial charge in [0.1, 0.15) is 5.75 Å². The largest absolute Gasteiger partial charge is 0.481 e. The van der Waals surface area contributed by atoms with Crippen LogP contribution >= 0.6 is 0 Å². The van der Waals surface area contributed by atoms with Gasteiger partial charge in [0.05, 0.1) is 24.0 Å². The first kappa shape index (κ1) is 15.7. The minimum atomic E-state index is -2.92. The van der Waals surface area contributed by atoms with Crippen molar-refractivity contribution in [2.24, 2.45) is 11.8 Å². The number of amides is 1. The second-order valence-corrected chi connectivity index (χ2v) is 5.57. The number of hydrogen-bond donors (Lipinski definition) is 2. The predicted molar refractivity (Wildman–Crippen MR) is 74.2 cm³/mol. The van der Waals surface area contributed by atoms with Crippen LogP contribution < -0.4 is 10.1 Å². The van der Waals surface area contributed by atoms with Gasteiger partial charge < -0.3 is 19.9 Å². The van der Waals surface area contributed by atoms with Crippen LogP contribution in [0.25, 0.3) is 0 Å². The van der Waals surface area contributed by atoms with E-state index in [0.717, 1.165) is 0 Å². The van der Waals surface area contributed by atoms with E-state index >= 15 is 0 Å². The van der Waals surface area contributed by atoms with Gasteiger partial charge in [0.2, 0.25) is 5.91 Å². The van der Waals surface area contributed by atoms with Gasteiger partial charge in [-0.1, -0.05) is 0 Å². The number of fused-ring (bicyclic) bond motifs is 2. The fourth-order valence-electron chi connectivity index (χ4n) is 3.27. The van der Waals surface area contributed by atoms with Crippen molar-refractivity contribution in [2.45, 2.75) is 31.7 Å². The Morgan fingerprint density at radius 2 is 1.78 bits per heavy atom. The second-order valence-electron chi connectivity index (χ2n) is 5.57. The Hall–Kier alpha value is -2.22. The van der Waals surface area contributed by atoms with Crippen molar-refractivity contribution in [3.8, 4) is 5.75 Å². The zero-order chi connectivity index (χ0) is 16.6. The monoisotopic (exact) mass is 327 g/mol. The summed E-state index contributed by atoms with van der Waals surface area (Å²) in [4.78, 5) is 23.7. The molecule has 8 heteroatoms. The summed E-state index contributed by atoms with van der Waals surface area (Å²) in [6.45, 7) is -2.92. The van der Waals surface area contributed by atoms with Crippen LogP contribution in [0.3, 0.4) is 0 Å². The van der Waals surface area contributed by atoms with Gasteiger partial charge in [-0.2, -0.15) is 8.78 Å². The van der Waals surface area contributed by atoms with Crippen molar-refractivity contribution >= 4 is 17.6 Å². The number of hydrogen-bond acceptors (Lipinski definition) is 4. The number of ether oxygens (including phenoxy) is 2. The van der Waals surface area contributed by atoms with Crippen LogP contribution in [0.15, 0.2) is 24.3 Å². The standard InChI is InChI=1S/C15H15F2NO5/c16-15(17)22-8-3-1-7(2-4-8)18-13(19)11-9-5-6-10(23-9)12(11)14(20)21/h1-4,9-12,15H,5-6H2,(H,18,19)(H,20,21)/t9-,10-,11+,12-/m1/s1. The number of carboxylic acid groups (broad SMARTS) is 1. The highest BCUT2D eigenvalue weighted by atomic mass is 19.3. The molecule has 2 fully saturated rings. The summed E-state index contributed by atoms with van der Waals surface area (Å²) in [5.74, 6) is -3.10. The van der Waals surface area contributed by atoms with Gasteiger partial charge in [0.25, 0.3) is 0 Å². The molecule has 1 aromatic carbocycles. The van der Waals surface area contributed by atoms with Gasteiger partial charge in [-0.25, -0.2) is 0 Å². The van der Waals surface area contributed by atoms with Crippen LogP contribution in [0.1, 0.15) is 12.8 Å². The molecule has 0 aliphatic carbocycles. The smallest absolute Gasteiger partial charge is 0.387 e. The molecule has 0 unspecified atom stereocenters. The van der Waals surface area contributed by atoms with Crippen LogP contribution in [0.2, 0.25) is 0 Å². The molecular formula is C15H15F2NO5. The Morgan fingerprint density at radius 1 is 1.17 bits per heavy atom. The average Bonchev–Trinajstić information content (AvgIpc) is 3.09. The number of carbonyl (C=O) groups is 2. The van der Waals surface area contributed by atoms with Crippen LogP contribution in [-0.4, -0.2) is 35.8 Å². The number of anilines is 1. The third-order valence-corrected chi connectivity index (χ3v) is 4.21. The maximum absolute atomic E-state index is 12.4. The molecule has 2 saturated heterocycles. The van der Waals surface area contributed by atoms with Gasteiger partial charge in [0, 0.05) is 5.69 Å². The minimum absolute atomic E-state index is 0.0235. The van der Waals surface area contributed by atoms with Crippen molar-refractivity contribution in [1.29, 1.82) is 0 Å². The maximum atomic E-state index is 12.4. The number of rotatable bonds is 5. The lowest BCUT2D eigenvalue weighted by Crippen LogP contribution is -2.40. The molecule has 2 aliphatic heterocycles. The molecular weight excluding hydrogens is 312 g/mol. The van der Waals surface area contributed by atoms with Crippen molar-refractivity contribution in [2.75, 3.05) is 5.32 Å². The predicted octanol–water partition coefficient (Wildman–Crippen LogP) is 2.10. The van der Waals surface area contributed by atoms with E-state index in [0.29, 0.717) is 18.5 Å². The lowest BCUT2D eigenvalue weighted by Gasteiger charge is -2.23. The first-order valence-corrected chi connectivity index (χ1v) is 7.19. The fourth-order valence-corrected chi connectivity index (χ4v) is 3.27. The first-order valence-electron chi connectivity index (χ1n) is 7.19. The Bertz CT molecular complexity index is 606. The number of halogens is 2. The number of alkyl halides is 2. The SMILES string of the molecule is O=C(Nc1ccc(OC(F)F)cc1)[C@@H]1[C@H](C(=O)O)[C@H]2CC[C@H]1O2. The third-order valence-electron chi connectivity index (χ3n) is 4.21. The molecule has 124 valence electrons. The van der Waals surface area contributed by atoms with Crippen molar-refractivity contribution in [3.63, 3.8) is 0 Å². The molecule has 3 rings (SSSR count). The highest BCUT2D eigenvalue weighted by Crippen LogP contribution is 2.44. The van der Waals surface area contributed by atoms with Gasteiger partial charge >= 0.3 is 12.6 Å². The molecule has 1 amide bonds. The maximum Gasteiger partial charge on any atom is 0.387 e. The molecule has 4 atom stereocenters. The summed E-state index contributed by atoms with van der Waals surface area (Å²) in [6.07, 6.45) is 0.497. The highest BCUT2D eigenvalue weighted by Gasteiger charge is 2.55. The zero-order valence-electron chi connectivity index (χ0n) is 11.9. The lowest BCUT2D eigenvalue weighted by atomic mass is 9.78. The topological polar surface area (TPSA) is 84.9 Å². The van der Waals surface area contributed by atoms with Gasteiger partial charge in [0.15, 0.2) is 0 Å². The molecule has 0 radical (unpaired) electrons.